The van der Waals surface area contributed by atoms with E-state index in [0.717, 1.165) is 23.7 Å². The summed E-state index contributed by atoms with van der Waals surface area (Å²) >= 11 is 0. The van der Waals surface area contributed by atoms with E-state index in [1.807, 2.05) is 0 Å². The standard InChI is InChI=1S/C12H22/c1-9-7-10(2)12(8-9)11-5-3-4-6-11/h9-12H,3-8H2,1-2H3. The summed E-state index contributed by atoms with van der Waals surface area (Å²) in [6, 6.07) is 0. The van der Waals surface area contributed by atoms with E-state index in [9.17, 15) is 0 Å². The molecule has 2 fully saturated rings. The van der Waals surface area contributed by atoms with E-state index in [1.54, 1.807) is 12.8 Å². The van der Waals surface area contributed by atoms with Gasteiger partial charge < -0.3 is 0 Å². The number of hydrogen-bond donors (Lipinski definition) is 0. The second-order valence-corrected chi connectivity index (χ2v) is 5.26. The highest BCUT2D eigenvalue weighted by molar-refractivity contribution is 4.85. The van der Waals surface area contributed by atoms with Crippen LogP contribution in [0.25, 0.3) is 0 Å². The summed E-state index contributed by atoms with van der Waals surface area (Å²) in [4.78, 5) is 0. The van der Waals surface area contributed by atoms with Gasteiger partial charge in [0.05, 0.1) is 0 Å². The quantitative estimate of drug-likeness (QED) is 0.555. The second-order valence-electron chi connectivity index (χ2n) is 5.26. The van der Waals surface area contributed by atoms with Crippen molar-refractivity contribution in [3.63, 3.8) is 0 Å². The maximum atomic E-state index is 2.48. The van der Waals surface area contributed by atoms with Gasteiger partial charge in [-0.2, -0.15) is 0 Å². The molecule has 0 spiro atoms. The summed E-state index contributed by atoms with van der Waals surface area (Å²) in [5.74, 6) is 4.26. The Labute approximate surface area is 76.7 Å². The lowest BCUT2D eigenvalue weighted by atomic mass is 9.84. The first-order chi connectivity index (χ1) is 5.77. The summed E-state index contributed by atoms with van der Waals surface area (Å²) in [6.07, 6.45) is 9.15. The molecular formula is C12H22. The number of hydrogen-bond acceptors (Lipinski definition) is 0. The van der Waals surface area contributed by atoms with Crippen LogP contribution in [-0.2, 0) is 0 Å². The van der Waals surface area contributed by atoms with E-state index < -0.39 is 0 Å². The molecule has 0 bridgehead atoms. The third kappa shape index (κ3) is 1.53. The zero-order valence-corrected chi connectivity index (χ0v) is 8.55. The Bertz CT molecular complexity index is 144. The van der Waals surface area contributed by atoms with Crippen molar-refractivity contribution in [1.82, 2.24) is 0 Å². The summed E-state index contributed by atoms with van der Waals surface area (Å²) < 4.78 is 0. The van der Waals surface area contributed by atoms with Gasteiger partial charge in [-0.05, 0) is 36.5 Å². The first kappa shape index (κ1) is 8.59. The molecule has 0 nitrogen and oxygen atoms in total. The van der Waals surface area contributed by atoms with Crippen LogP contribution in [0.2, 0.25) is 0 Å². The van der Waals surface area contributed by atoms with E-state index in [0.29, 0.717) is 0 Å². The highest BCUT2D eigenvalue weighted by atomic mass is 14.4. The molecule has 0 aliphatic heterocycles. The van der Waals surface area contributed by atoms with Gasteiger partial charge in [0.2, 0.25) is 0 Å². The minimum atomic E-state index is 1.02. The Hall–Kier alpha value is 0. The lowest BCUT2D eigenvalue weighted by Gasteiger charge is -2.22. The minimum absolute atomic E-state index is 1.02. The van der Waals surface area contributed by atoms with Crippen LogP contribution in [-0.4, -0.2) is 0 Å². The normalized spacial score (nSPS) is 44.0. The Morgan fingerprint density at radius 2 is 1.58 bits per heavy atom. The molecule has 0 N–H and O–H groups in total. The van der Waals surface area contributed by atoms with Crippen LogP contribution < -0.4 is 0 Å². The SMILES string of the molecule is CC1CC(C)C(C2CCCC2)C1. The topological polar surface area (TPSA) is 0 Å². The largest absolute Gasteiger partial charge is 0.0625 e. The average Bonchev–Trinajstić information content (AvgIpc) is 2.58. The molecule has 2 rings (SSSR count). The highest BCUT2D eigenvalue weighted by Crippen LogP contribution is 2.45. The molecule has 2 saturated carbocycles. The van der Waals surface area contributed by atoms with Gasteiger partial charge in [-0.1, -0.05) is 39.5 Å². The van der Waals surface area contributed by atoms with Crippen LogP contribution in [0.4, 0.5) is 0 Å². The Morgan fingerprint density at radius 1 is 0.917 bits per heavy atom. The third-order valence-electron chi connectivity index (χ3n) is 4.18. The third-order valence-corrected chi connectivity index (χ3v) is 4.18. The van der Waals surface area contributed by atoms with E-state index in [4.69, 9.17) is 0 Å². The fraction of sp³-hybridized carbons (Fsp3) is 1.00. The molecule has 0 saturated heterocycles. The van der Waals surface area contributed by atoms with E-state index in [-0.39, 0.29) is 0 Å². The molecule has 2 aliphatic rings. The summed E-state index contributed by atoms with van der Waals surface area (Å²) in [7, 11) is 0. The summed E-state index contributed by atoms with van der Waals surface area (Å²) in [5, 5.41) is 0. The molecule has 2 aliphatic carbocycles. The zero-order chi connectivity index (χ0) is 8.55. The Kier molecular flexibility index (Phi) is 2.43. The van der Waals surface area contributed by atoms with Crippen LogP contribution >= 0.6 is 0 Å². The predicted octanol–water partition coefficient (Wildman–Crippen LogP) is 3.86. The predicted molar refractivity (Wildman–Crippen MR) is 53.0 cm³/mol. The van der Waals surface area contributed by atoms with Gasteiger partial charge in [-0.3, -0.25) is 0 Å². The minimum Gasteiger partial charge on any atom is -0.0625 e. The molecular weight excluding hydrogens is 144 g/mol. The van der Waals surface area contributed by atoms with Gasteiger partial charge in [-0.25, -0.2) is 0 Å². The molecule has 0 heteroatoms. The molecule has 70 valence electrons. The lowest BCUT2D eigenvalue weighted by Crippen LogP contribution is -2.13. The summed E-state index contributed by atoms with van der Waals surface area (Å²) in [6.45, 7) is 4.91. The molecule has 0 aromatic heterocycles. The van der Waals surface area contributed by atoms with Gasteiger partial charge in [-0.15, -0.1) is 0 Å². The molecule has 0 aromatic carbocycles. The lowest BCUT2D eigenvalue weighted by molar-refractivity contribution is 0.278. The Morgan fingerprint density at radius 3 is 2.08 bits per heavy atom. The average molecular weight is 166 g/mol. The molecule has 0 radical (unpaired) electrons. The van der Waals surface area contributed by atoms with Crippen LogP contribution in [0.5, 0.6) is 0 Å². The second kappa shape index (κ2) is 3.40. The maximum Gasteiger partial charge on any atom is -0.0357 e. The van der Waals surface area contributed by atoms with Crippen molar-refractivity contribution in [2.24, 2.45) is 23.7 Å². The van der Waals surface area contributed by atoms with Crippen LogP contribution in [0, 0.1) is 23.7 Å². The fourth-order valence-corrected chi connectivity index (χ4v) is 3.65. The molecule has 3 atom stereocenters. The van der Waals surface area contributed by atoms with Crippen molar-refractivity contribution >= 4 is 0 Å². The van der Waals surface area contributed by atoms with Crippen molar-refractivity contribution in [1.29, 1.82) is 0 Å². The van der Waals surface area contributed by atoms with Crippen LogP contribution in [0.1, 0.15) is 52.4 Å². The monoisotopic (exact) mass is 166 g/mol. The number of rotatable bonds is 1. The van der Waals surface area contributed by atoms with Gasteiger partial charge >= 0.3 is 0 Å². The molecule has 0 heterocycles. The zero-order valence-electron chi connectivity index (χ0n) is 8.55. The van der Waals surface area contributed by atoms with E-state index in [1.165, 1.54) is 25.7 Å². The molecule has 0 aromatic rings. The van der Waals surface area contributed by atoms with Gasteiger partial charge in [0.25, 0.3) is 0 Å². The van der Waals surface area contributed by atoms with Gasteiger partial charge in [0.15, 0.2) is 0 Å². The first-order valence-electron chi connectivity index (χ1n) is 5.77. The van der Waals surface area contributed by atoms with Crippen LogP contribution in [0.15, 0.2) is 0 Å². The van der Waals surface area contributed by atoms with Crippen molar-refractivity contribution in [3.05, 3.63) is 0 Å². The van der Waals surface area contributed by atoms with Gasteiger partial charge in [0.1, 0.15) is 0 Å². The van der Waals surface area contributed by atoms with E-state index in [2.05, 4.69) is 13.8 Å². The smallest absolute Gasteiger partial charge is 0.0357 e. The van der Waals surface area contributed by atoms with Crippen molar-refractivity contribution in [2.75, 3.05) is 0 Å². The highest BCUT2D eigenvalue weighted by Gasteiger charge is 2.35. The first-order valence-corrected chi connectivity index (χ1v) is 5.77. The van der Waals surface area contributed by atoms with Crippen molar-refractivity contribution < 1.29 is 0 Å². The van der Waals surface area contributed by atoms with Crippen molar-refractivity contribution in [2.45, 2.75) is 52.4 Å². The summed E-state index contributed by atoms with van der Waals surface area (Å²) in [5.41, 5.74) is 0. The maximum absolute atomic E-state index is 2.48. The molecule has 0 amide bonds. The van der Waals surface area contributed by atoms with Gasteiger partial charge in [0, 0.05) is 0 Å². The van der Waals surface area contributed by atoms with E-state index >= 15 is 0 Å². The fourth-order valence-electron chi connectivity index (χ4n) is 3.65. The molecule has 12 heavy (non-hydrogen) atoms. The van der Waals surface area contributed by atoms with Crippen LogP contribution in [0.3, 0.4) is 0 Å². The molecule has 3 unspecified atom stereocenters. The van der Waals surface area contributed by atoms with Crippen molar-refractivity contribution in [3.8, 4) is 0 Å². The Balaban J connectivity index is 1.94.